The second-order valence-electron chi connectivity index (χ2n) is 10.6. The summed E-state index contributed by atoms with van der Waals surface area (Å²) in [6.07, 6.45) is 8.71. The van der Waals surface area contributed by atoms with Crippen LogP contribution in [0.4, 0.5) is 26.3 Å². The van der Waals surface area contributed by atoms with E-state index in [1.165, 1.54) is 24.6 Å². The molecule has 2 aromatic rings. The third-order valence-electron chi connectivity index (χ3n) is 8.36. The van der Waals surface area contributed by atoms with Crippen molar-refractivity contribution >= 4 is 0 Å². The van der Waals surface area contributed by atoms with Crippen LogP contribution >= 0.6 is 0 Å². The Labute approximate surface area is 219 Å². The van der Waals surface area contributed by atoms with E-state index in [-0.39, 0.29) is 30.1 Å². The first-order chi connectivity index (χ1) is 18.1. The second kappa shape index (κ2) is 10.2. The lowest BCUT2D eigenvalue weighted by molar-refractivity contribution is -0.228. The van der Waals surface area contributed by atoms with Gasteiger partial charge in [-0.15, -0.1) is 0 Å². The van der Waals surface area contributed by atoms with Crippen LogP contribution in [0.3, 0.4) is 0 Å². The Bertz CT molecular complexity index is 1230. The van der Waals surface area contributed by atoms with Gasteiger partial charge in [0.2, 0.25) is 0 Å². The van der Waals surface area contributed by atoms with Crippen molar-refractivity contribution in [3.8, 4) is 16.9 Å². The molecule has 2 nitrogen and oxygen atoms in total. The van der Waals surface area contributed by atoms with E-state index in [4.69, 9.17) is 9.47 Å². The molecule has 206 valence electrons. The van der Waals surface area contributed by atoms with Gasteiger partial charge in [0.25, 0.3) is 0 Å². The summed E-state index contributed by atoms with van der Waals surface area (Å²) in [4.78, 5) is 0. The van der Waals surface area contributed by atoms with Gasteiger partial charge in [-0.1, -0.05) is 25.5 Å². The highest BCUT2D eigenvalue weighted by atomic mass is 19.3. The topological polar surface area (TPSA) is 18.5 Å². The van der Waals surface area contributed by atoms with Gasteiger partial charge in [0.1, 0.15) is 5.82 Å². The molecule has 1 saturated carbocycles. The lowest BCUT2D eigenvalue weighted by Crippen LogP contribution is -2.41. The average Bonchev–Trinajstić information content (AvgIpc) is 2.89. The number of benzene rings is 2. The fraction of sp³-hybridized carbons (Fsp3) is 0.533. The minimum absolute atomic E-state index is 0.0180. The van der Waals surface area contributed by atoms with Crippen molar-refractivity contribution in [2.45, 2.75) is 89.1 Å². The van der Waals surface area contributed by atoms with Crippen molar-refractivity contribution in [3.05, 3.63) is 64.4 Å². The maximum atomic E-state index is 15.8. The summed E-state index contributed by atoms with van der Waals surface area (Å²) in [5.41, 5.74) is -2.43. The molecular weight excluding hydrogens is 506 g/mol. The van der Waals surface area contributed by atoms with Crippen molar-refractivity contribution in [2.24, 2.45) is 5.92 Å². The monoisotopic (exact) mass is 538 g/mol. The average molecular weight is 539 g/mol. The van der Waals surface area contributed by atoms with Crippen LogP contribution in [0.1, 0.15) is 87.8 Å². The van der Waals surface area contributed by atoms with Gasteiger partial charge >= 0.3 is 11.8 Å². The molecule has 38 heavy (non-hydrogen) atoms. The highest BCUT2D eigenvalue weighted by molar-refractivity contribution is 5.77. The molecule has 1 heterocycles. The van der Waals surface area contributed by atoms with E-state index >= 15 is 22.0 Å². The minimum Gasteiger partial charge on any atom is -0.498 e. The number of halogens is 6. The molecule has 1 aliphatic heterocycles. The molecule has 2 aliphatic carbocycles. The van der Waals surface area contributed by atoms with Crippen LogP contribution in [0.5, 0.6) is 5.75 Å². The van der Waals surface area contributed by atoms with Gasteiger partial charge in [-0.3, -0.25) is 0 Å². The van der Waals surface area contributed by atoms with Gasteiger partial charge in [0.15, 0.2) is 11.6 Å². The lowest BCUT2D eigenvalue weighted by atomic mass is 9.73. The number of rotatable bonds is 6. The van der Waals surface area contributed by atoms with Gasteiger partial charge in [-0.05, 0) is 98.1 Å². The number of hydrogen-bond acceptors (Lipinski definition) is 2. The molecule has 0 saturated heterocycles. The predicted octanol–water partition coefficient (Wildman–Crippen LogP) is 9.36. The summed E-state index contributed by atoms with van der Waals surface area (Å²) in [7, 11) is 0. The Balaban J connectivity index is 1.44. The first-order valence-corrected chi connectivity index (χ1v) is 13.5. The molecule has 0 amide bonds. The van der Waals surface area contributed by atoms with Crippen LogP contribution in [-0.2, 0) is 16.6 Å². The van der Waals surface area contributed by atoms with Crippen LogP contribution < -0.4 is 4.74 Å². The van der Waals surface area contributed by atoms with E-state index in [0.717, 1.165) is 50.7 Å². The molecular formula is C30H32F6O2. The van der Waals surface area contributed by atoms with Crippen LogP contribution in [0.15, 0.2) is 36.1 Å². The van der Waals surface area contributed by atoms with Crippen LogP contribution in [0.25, 0.3) is 11.1 Å². The van der Waals surface area contributed by atoms with Crippen molar-refractivity contribution in [1.82, 2.24) is 0 Å². The predicted molar refractivity (Wildman–Crippen MR) is 133 cm³/mol. The maximum absolute atomic E-state index is 15.8. The van der Waals surface area contributed by atoms with E-state index in [0.29, 0.717) is 12.8 Å². The quantitative estimate of drug-likeness (QED) is 0.341. The summed E-state index contributed by atoms with van der Waals surface area (Å²) in [6, 6.07) is 4.84. The third kappa shape index (κ3) is 4.28. The highest BCUT2D eigenvalue weighted by Gasteiger charge is 2.65. The van der Waals surface area contributed by atoms with E-state index in [1.54, 1.807) is 0 Å². The molecule has 5 rings (SSSR count). The molecule has 8 heteroatoms. The SMILES string of the molecule is CCCC1CCC(C2CCC(c3ccc4c(c3F)C(F)(F)C(F)(F)c3c-4ccc(OCC)c3F)CC2)=CO1. The second-order valence-corrected chi connectivity index (χ2v) is 10.6. The molecule has 0 bridgehead atoms. The van der Waals surface area contributed by atoms with Gasteiger partial charge in [0, 0.05) is 0 Å². The van der Waals surface area contributed by atoms with E-state index in [1.807, 2.05) is 6.26 Å². The molecule has 1 atom stereocenters. The molecule has 1 fully saturated rings. The zero-order valence-corrected chi connectivity index (χ0v) is 21.6. The van der Waals surface area contributed by atoms with Gasteiger partial charge < -0.3 is 9.47 Å². The zero-order chi connectivity index (χ0) is 27.2. The highest BCUT2D eigenvalue weighted by Crippen LogP contribution is 2.60. The summed E-state index contributed by atoms with van der Waals surface area (Å²) in [6.45, 7) is 3.61. The number of fused-ring (bicyclic) bond motifs is 3. The molecule has 0 aromatic heterocycles. The van der Waals surface area contributed by atoms with Crippen molar-refractivity contribution in [3.63, 3.8) is 0 Å². The smallest absolute Gasteiger partial charge is 0.343 e. The van der Waals surface area contributed by atoms with Crippen LogP contribution in [-0.4, -0.2) is 12.7 Å². The summed E-state index contributed by atoms with van der Waals surface area (Å²) >= 11 is 0. The first-order valence-electron chi connectivity index (χ1n) is 13.5. The molecule has 1 unspecified atom stereocenters. The number of ether oxygens (including phenoxy) is 2. The number of allylic oxidation sites excluding steroid dienone is 1. The van der Waals surface area contributed by atoms with Crippen molar-refractivity contribution < 1.29 is 35.8 Å². The van der Waals surface area contributed by atoms with Gasteiger partial charge in [-0.25, -0.2) is 8.78 Å². The Morgan fingerprint density at radius 2 is 1.42 bits per heavy atom. The Kier molecular flexibility index (Phi) is 7.20. The molecule has 0 spiro atoms. The van der Waals surface area contributed by atoms with Crippen molar-refractivity contribution in [2.75, 3.05) is 6.61 Å². The lowest BCUT2D eigenvalue weighted by Gasteiger charge is -2.37. The fourth-order valence-corrected chi connectivity index (χ4v) is 6.36. The Hall–Kier alpha value is -2.64. The fourth-order valence-electron chi connectivity index (χ4n) is 6.36. The standard InChI is InChI=1S/C30H32F6O2/c1-3-5-20-11-10-19(16-38-20)17-6-8-18(9-7-17)21-12-13-22-23-14-15-24(37-4-2)28(32)26(23)30(35,36)29(33,34)25(22)27(21)31/h12-18,20H,3-11H2,1-2H3. The van der Waals surface area contributed by atoms with Gasteiger partial charge in [0.05, 0.1) is 30.1 Å². The maximum Gasteiger partial charge on any atom is 0.343 e. The van der Waals surface area contributed by atoms with E-state index in [9.17, 15) is 4.39 Å². The third-order valence-corrected chi connectivity index (χ3v) is 8.36. The summed E-state index contributed by atoms with van der Waals surface area (Å²) in [5.74, 6) is -13.4. The Morgan fingerprint density at radius 1 is 0.816 bits per heavy atom. The zero-order valence-electron chi connectivity index (χ0n) is 21.6. The van der Waals surface area contributed by atoms with Gasteiger partial charge in [-0.2, -0.15) is 17.6 Å². The molecule has 0 radical (unpaired) electrons. The number of hydrogen-bond donors (Lipinski definition) is 0. The van der Waals surface area contributed by atoms with Crippen LogP contribution in [0.2, 0.25) is 0 Å². The molecule has 3 aliphatic rings. The molecule has 0 N–H and O–H groups in total. The normalized spacial score (nSPS) is 25.6. The summed E-state index contributed by atoms with van der Waals surface area (Å²) < 4.78 is 103. The minimum atomic E-state index is -4.95. The largest absolute Gasteiger partial charge is 0.498 e. The van der Waals surface area contributed by atoms with E-state index < -0.39 is 51.5 Å². The summed E-state index contributed by atoms with van der Waals surface area (Å²) in [5, 5.41) is 0. The number of alkyl halides is 4. The van der Waals surface area contributed by atoms with Crippen LogP contribution in [0, 0.1) is 17.6 Å². The first kappa shape index (κ1) is 26.9. The molecule has 2 aromatic carbocycles. The van der Waals surface area contributed by atoms with Crippen molar-refractivity contribution in [1.29, 1.82) is 0 Å². The Morgan fingerprint density at radius 3 is 2.00 bits per heavy atom. The van der Waals surface area contributed by atoms with E-state index in [2.05, 4.69) is 6.92 Å².